The van der Waals surface area contributed by atoms with Crippen LogP contribution in [0.5, 0.6) is 11.6 Å². The number of Topliss-reactive ketones (excluding diaryl/α,β-unsaturated/α-hetero) is 1. The third kappa shape index (κ3) is 5.87. The number of hydrogen-bond donors (Lipinski definition) is 3. The van der Waals surface area contributed by atoms with E-state index < -0.39 is 13.2 Å². The average molecular weight is 502 g/mol. The molecule has 4 rings (SSSR count). The Balaban J connectivity index is 1.54. The number of ether oxygens (including phenoxy) is 1. The highest BCUT2D eigenvalue weighted by Crippen LogP contribution is 2.38. The van der Waals surface area contributed by atoms with Crippen molar-refractivity contribution in [2.45, 2.75) is 25.8 Å². The standard InChI is InChI=1S/C23H27N4O7P/c1-34-22-21-17(12-20(25-22)26-9-6-15(7-10-26)8-11-35(31,32)33)13-24-27(23(21)30)14-19(29)16-2-4-18(28)5-3-16/h2-5,12-13,15,28H,6-11,14H2,1H3,(H2,31,32,33). The number of carbonyl (C=O) groups excluding carboxylic acids is 1. The molecule has 186 valence electrons. The van der Waals surface area contributed by atoms with Crippen LogP contribution in [0, 0.1) is 5.92 Å². The first-order valence-corrected chi connectivity index (χ1v) is 13.0. The van der Waals surface area contributed by atoms with Crippen molar-refractivity contribution in [2.24, 2.45) is 5.92 Å². The Morgan fingerprint density at radius 2 is 1.89 bits per heavy atom. The summed E-state index contributed by atoms with van der Waals surface area (Å²) in [4.78, 5) is 50.5. The Labute approximate surface area is 201 Å². The molecule has 0 aliphatic carbocycles. The summed E-state index contributed by atoms with van der Waals surface area (Å²) in [6, 6.07) is 7.52. The molecule has 1 aliphatic heterocycles. The van der Waals surface area contributed by atoms with E-state index >= 15 is 0 Å². The van der Waals surface area contributed by atoms with Crippen molar-refractivity contribution in [1.82, 2.24) is 14.8 Å². The van der Waals surface area contributed by atoms with Crippen molar-refractivity contribution in [3.05, 3.63) is 52.4 Å². The Bertz CT molecular complexity index is 1330. The average Bonchev–Trinajstić information content (AvgIpc) is 2.84. The molecule has 0 atom stereocenters. The van der Waals surface area contributed by atoms with Crippen LogP contribution in [0.1, 0.15) is 29.6 Å². The fourth-order valence-corrected chi connectivity index (χ4v) is 4.96. The number of nitrogens with zero attached hydrogens (tertiary/aromatic N) is 4. The Kier molecular flexibility index (Phi) is 7.20. The van der Waals surface area contributed by atoms with Gasteiger partial charge in [0.25, 0.3) is 5.56 Å². The van der Waals surface area contributed by atoms with E-state index in [0.717, 1.165) is 17.5 Å². The third-order valence-electron chi connectivity index (χ3n) is 6.23. The molecule has 0 bridgehead atoms. The number of aromatic nitrogens is 3. The van der Waals surface area contributed by atoms with Crippen LogP contribution in [-0.4, -0.2) is 61.8 Å². The molecule has 0 amide bonds. The minimum Gasteiger partial charge on any atom is -0.508 e. The topological polar surface area (TPSA) is 155 Å². The number of benzene rings is 1. The smallest absolute Gasteiger partial charge is 0.325 e. The summed E-state index contributed by atoms with van der Waals surface area (Å²) < 4.78 is 17.6. The maximum absolute atomic E-state index is 13.1. The van der Waals surface area contributed by atoms with Gasteiger partial charge >= 0.3 is 7.60 Å². The van der Waals surface area contributed by atoms with Gasteiger partial charge in [0.2, 0.25) is 5.88 Å². The maximum atomic E-state index is 13.1. The van der Waals surface area contributed by atoms with Crippen molar-refractivity contribution < 1.29 is 29.0 Å². The normalized spacial score (nSPS) is 14.9. The second-order valence-electron chi connectivity index (χ2n) is 8.64. The van der Waals surface area contributed by atoms with Crippen LogP contribution in [0.15, 0.2) is 41.3 Å². The molecule has 0 radical (unpaired) electrons. The number of phenols is 1. The molecule has 1 aliphatic rings. The van der Waals surface area contributed by atoms with Gasteiger partial charge in [-0.15, -0.1) is 0 Å². The predicted octanol–water partition coefficient (Wildman–Crippen LogP) is 2.17. The molecular weight excluding hydrogens is 475 g/mol. The van der Waals surface area contributed by atoms with Gasteiger partial charge in [0, 0.05) is 24.0 Å². The molecule has 3 aromatic rings. The number of phenolic OH excluding ortho intramolecular Hbond substituents is 1. The van der Waals surface area contributed by atoms with Crippen molar-refractivity contribution >= 4 is 30.0 Å². The summed E-state index contributed by atoms with van der Waals surface area (Å²) in [6.45, 7) is 1.06. The zero-order valence-electron chi connectivity index (χ0n) is 19.2. The monoisotopic (exact) mass is 502 g/mol. The second kappa shape index (κ2) is 10.2. The molecular formula is C23H27N4O7P. The summed E-state index contributed by atoms with van der Waals surface area (Å²) in [5.41, 5.74) is -0.150. The summed E-state index contributed by atoms with van der Waals surface area (Å²) in [7, 11) is -2.57. The molecule has 1 fully saturated rings. The number of anilines is 1. The largest absolute Gasteiger partial charge is 0.508 e. The van der Waals surface area contributed by atoms with Crippen molar-refractivity contribution in [2.75, 3.05) is 31.3 Å². The SMILES string of the molecule is COc1nc(N2CCC(CCP(=O)(O)O)CC2)cc2cnn(CC(=O)c3ccc(O)cc3)c(=O)c12. The van der Waals surface area contributed by atoms with Gasteiger partial charge in [-0.3, -0.25) is 14.2 Å². The molecule has 2 aromatic heterocycles. The molecule has 0 saturated carbocycles. The highest BCUT2D eigenvalue weighted by Gasteiger charge is 2.24. The van der Waals surface area contributed by atoms with Crippen LogP contribution >= 0.6 is 7.60 Å². The number of rotatable bonds is 8. The fourth-order valence-electron chi connectivity index (χ4n) is 4.26. The van der Waals surface area contributed by atoms with Gasteiger partial charge in [-0.05, 0) is 55.5 Å². The first-order valence-electron chi connectivity index (χ1n) is 11.2. The molecule has 0 unspecified atom stereocenters. The van der Waals surface area contributed by atoms with Gasteiger partial charge in [-0.2, -0.15) is 10.1 Å². The molecule has 35 heavy (non-hydrogen) atoms. The summed E-state index contributed by atoms with van der Waals surface area (Å²) in [5.74, 6) is 0.714. The van der Waals surface area contributed by atoms with Gasteiger partial charge in [-0.25, -0.2) is 4.68 Å². The van der Waals surface area contributed by atoms with Crippen LogP contribution in [0.2, 0.25) is 0 Å². The second-order valence-corrected chi connectivity index (χ2v) is 10.4. The van der Waals surface area contributed by atoms with Crippen LogP contribution in [0.25, 0.3) is 10.8 Å². The Morgan fingerprint density at radius 3 is 2.51 bits per heavy atom. The van der Waals surface area contributed by atoms with Crippen molar-refractivity contribution in [1.29, 1.82) is 0 Å². The van der Waals surface area contributed by atoms with Gasteiger partial charge < -0.3 is 24.5 Å². The molecule has 12 heteroatoms. The van der Waals surface area contributed by atoms with E-state index in [1.54, 1.807) is 6.07 Å². The highest BCUT2D eigenvalue weighted by molar-refractivity contribution is 7.51. The molecule has 1 aromatic carbocycles. The zero-order chi connectivity index (χ0) is 25.2. The molecule has 3 N–H and O–H groups in total. The number of ketones is 1. The van der Waals surface area contributed by atoms with E-state index in [9.17, 15) is 19.3 Å². The van der Waals surface area contributed by atoms with E-state index in [0.29, 0.717) is 36.3 Å². The highest BCUT2D eigenvalue weighted by atomic mass is 31.2. The summed E-state index contributed by atoms with van der Waals surface area (Å²) in [5, 5.41) is 14.3. The van der Waals surface area contributed by atoms with Gasteiger partial charge in [0.15, 0.2) is 5.78 Å². The van der Waals surface area contributed by atoms with E-state index in [4.69, 9.17) is 14.5 Å². The lowest BCUT2D eigenvalue weighted by Crippen LogP contribution is -2.34. The number of pyridine rings is 1. The Morgan fingerprint density at radius 1 is 1.20 bits per heavy atom. The number of fused-ring (bicyclic) bond motifs is 1. The Hall–Kier alpha value is -3.27. The third-order valence-corrected chi connectivity index (χ3v) is 7.07. The first-order chi connectivity index (χ1) is 16.6. The lowest BCUT2D eigenvalue weighted by molar-refractivity contribution is 0.0966. The first kappa shape index (κ1) is 24.8. The van der Waals surface area contributed by atoms with Crippen LogP contribution in [0.4, 0.5) is 5.82 Å². The quantitative estimate of drug-likeness (QED) is 0.308. The van der Waals surface area contributed by atoms with Crippen LogP contribution < -0.4 is 15.2 Å². The predicted molar refractivity (Wildman–Crippen MR) is 129 cm³/mol. The number of piperidine rings is 1. The lowest BCUT2D eigenvalue weighted by Gasteiger charge is -2.33. The molecule has 3 heterocycles. The number of carbonyl (C=O) groups is 1. The van der Waals surface area contributed by atoms with Crippen LogP contribution in [0.3, 0.4) is 0 Å². The maximum Gasteiger partial charge on any atom is 0.325 e. The van der Waals surface area contributed by atoms with Gasteiger partial charge in [0.1, 0.15) is 23.5 Å². The van der Waals surface area contributed by atoms with Crippen LogP contribution in [-0.2, 0) is 11.1 Å². The molecule has 11 nitrogen and oxygen atoms in total. The van der Waals surface area contributed by atoms with Crippen molar-refractivity contribution in [3.63, 3.8) is 0 Å². The lowest BCUT2D eigenvalue weighted by atomic mass is 9.94. The molecule has 0 spiro atoms. The van der Waals surface area contributed by atoms with Crippen molar-refractivity contribution in [3.8, 4) is 11.6 Å². The minimum atomic E-state index is -3.99. The minimum absolute atomic E-state index is 0.0412. The summed E-state index contributed by atoms with van der Waals surface area (Å²) >= 11 is 0. The number of aromatic hydroxyl groups is 1. The zero-order valence-corrected chi connectivity index (χ0v) is 20.1. The van der Waals surface area contributed by atoms with E-state index in [1.165, 1.54) is 37.6 Å². The van der Waals surface area contributed by atoms with E-state index in [2.05, 4.69) is 15.0 Å². The molecule has 1 saturated heterocycles. The van der Waals surface area contributed by atoms with E-state index in [1.807, 2.05) is 0 Å². The fraction of sp³-hybridized carbons (Fsp3) is 0.391. The van der Waals surface area contributed by atoms with Gasteiger partial charge in [0.05, 0.1) is 19.5 Å². The van der Waals surface area contributed by atoms with E-state index in [-0.39, 0.29) is 41.4 Å². The number of methoxy groups -OCH3 is 1. The summed E-state index contributed by atoms with van der Waals surface area (Å²) in [6.07, 6.45) is 3.44. The number of hydrogen-bond acceptors (Lipinski definition) is 8. The van der Waals surface area contributed by atoms with Gasteiger partial charge in [-0.1, -0.05) is 0 Å².